The normalized spacial score (nSPS) is 19.5. The molecule has 1 N–H and O–H groups in total. The van der Waals surface area contributed by atoms with Gasteiger partial charge in [-0.3, -0.25) is 0 Å². The first-order chi connectivity index (χ1) is 6.04. The van der Waals surface area contributed by atoms with Crippen molar-refractivity contribution in [3.8, 4) is 0 Å². The molecule has 0 rings (SSSR count). The maximum absolute atomic E-state index is 10.2. The highest BCUT2D eigenvalue weighted by Gasteiger charge is 2.29. The third-order valence-electron chi connectivity index (χ3n) is 3.07. The van der Waals surface area contributed by atoms with Crippen LogP contribution in [0.4, 0.5) is 0 Å². The zero-order valence-corrected chi connectivity index (χ0v) is 11.0. The van der Waals surface area contributed by atoms with E-state index in [-0.39, 0.29) is 0 Å². The Balaban J connectivity index is 4.22. The second-order valence-corrected chi connectivity index (χ2v) is 6.57. The van der Waals surface area contributed by atoms with E-state index in [1.807, 2.05) is 6.92 Å². The van der Waals surface area contributed by atoms with Crippen LogP contribution in [0.2, 0.25) is 0 Å². The maximum Gasteiger partial charge on any atom is 0.0625 e. The van der Waals surface area contributed by atoms with E-state index in [4.69, 9.17) is 0 Å². The number of hydrogen-bond donors (Lipinski definition) is 1. The lowest BCUT2D eigenvalue weighted by atomic mass is 9.74. The van der Waals surface area contributed by atoms with Crippen LogP contribution in [0.5, 0.6) is 0 Å². The lowest BCUT2D eigenvalue weighted by molar-refractivity contribution is 0.000200. The molecule has 0 aliphatic carbocycles. The molecule has 1 heteroatoms. The molecule has 0 radical (unpaired) electrons. The first kappa shape index (κ1) is 14.0. The summed E-state index contributed by atoms with van der Waals surface area (Å²) in [6.45, 7) is 15.2. The Morgan fingerprint density at radius 3 is 1.64 bits per heavy atom. The summed E-state index contributed by atoms with van der Waals surface area (Å²) >= 11 is 0. The van der Waals surface area contributed by atoms with Gasteiger partial charge >= 0.3 is 0 Å². The first-order valence-electron chi connectivity index (χ1n) is 5.77. The van der Waals surface area contributed by atoms with Crippen molar-refractivity contribution >= 4 is 0 Å². The second kappa shape index (κ2) is 4.65. The van der Waals surface area contributed by atoms with Gasteiger partial charge in [-0.1, -0.05) is 41.5 Å². The molecular formula is C13H28O. The number of rotatable bonds is 4. The molecule has 0 aromatic rings. The standard InChI is InChI=1S/C13H28O/c1-10(2)8-13(7,14)9-11(3)12(4,5)6/h10-11,14H,8-9H2,1-7H3. The maximum atomic E-state index is 10.2. The van der Waals surface area contributed by atoms with Gasteiger partial charge in [0.2, 0.25) is 0 Å². The molecule has 0 aromatic heterocycles. The van der Waals surface area contributed by atoms with Gasteiger partial charge < -0.3 is 5.11 Å². The highest BCUT2D eigenvalue weighted by molar-refractivity contribution is 4.81. The lowest BCUT2D eigenvalue weighted by Crippen LogP contribution is -2.32. The molecule has 0 aromatic carbocycles. The second-order valence-electron chi connectivity index (χ2n) is 6.57. The highest BCUT2D eigenvalue weighted by Crippen LogP contribution is 2.34. The lowest BCUT2D eigenvalue weighted by Gasteiger charge is -2.35. The van der Waals surface area contributed by atoms with Gasteiger partial charge in [0.1, 0.15) is 0 Å². The fourth-order valence-corrected chi connectivity index (χ4v) is 1.93. The summed E-state index contributed by atoms with van der Waals surface area (Å²) in [5.41, 5.74) is -0.207. The van der Waals surface area contributed by atoms with E-state index in [0.717, 1.165) is 12.8 Å². The Labute approximate surface area is 89.9 Å². The monoisotopic (exact) mass is 200 g/mol. The molecule has 0 fully saturated rings. The van der Waals surface area contributed by atoms with Crippen LogP contribution in [0.15, 0.2) is 0 Å². The molecule has 0 bridgehead atoms. The quantitative estimate of drug-likeness (QED) is 0.730. The van der Waals surface area contributed by atoms with Crippen LogP contribution >= 0.6 is 0 Å². The highest BCUT2D eigenvalue weighted by atomic mass is 16.3. The van der Waals surface area contributed by atoms with E-state index in [1.54, 1.807) is 0 Å². The molecule has 0 amide bonds. The van der Waals surface area contributed by atoms with Crippen LogP contribution in [0.1, 0.15) is 61.3 Å². The predicted octanol–water partition coefficient (Wildman–Crippen LogP) is 3.86. The Kier molecular flexibility index (Phi) is 4.64. The molecular weight excluding hydrogens is 172 g/mol. The van der Waals surface area contributed by atoms with Gasteiger partial charge in [0.05, 0.1) is 5.60 Å². The zero-order valence-electron chi connectivity index (χ0n) is 11.0. The molecule has 14 heavy (non-hydrogen) atoms. The van der Waals surface area contributed by atoms with E-state index < -0.39 is 5.60 Å². The predicted molar refractivity (Wildman–Crippen MR) is 63.3 cm³/mol. The summed E-state index contributed by atoms with van der Waals surface area (Å²) in [5.74, 6) is 1.12. The number of hydrogen-bond acceptors (Lipinski definition) is 1. The molecule has 86 valence electrons. The van der Waals surface area contributed by atoms with Crippen molar-refractivity contribution in [2.75, 3.05) is 0 Å². The van der Waals surface area contributed by atoms with Crippen LogP contribution in [0.25, 0.3) is 0 Å². The van der Waals surface area contributed by atoms with Crippen molar-refractivity contribution in [2.24, 2.45) is 17.3 Å². The molecule has 2 atom stereocenters. The van der Waals surface area contributed by atoms with Gasteiger partial charge in [0.25, 0.3) is 0 Å². The fraction of sp³-hybridized carbons (Fsp3) is 1.00. The SMILES string of the molecule is CC(C)CC(C)(O)CC(C)C(C)(C)C. The van der Waals surface area contributed by atoms with Crippen molar-refractivity contribution in [1.82, 2.24) is 0 Å². The van der Waals surface area contributed by atoms with Gasteiger partial charge in [0, 0.05) is 0 Å². The minimum Gasteiger partial charge on any atom is -0.390 e. The third-order valence-corrected chi connectivity index (χ3v) is 3.07. The number of aliphatic hydroxyl groups is 1. The summed E-state index contributed by atoms with van der Waals surface area (Å²) in [6, 6.07) is 0. The van der Waals surface area contributed by atoms with Crippen LogP contribution in [-0.2, 0) is 0 Å². The molecule has 0 heterocycles. The van der Waals surface area contributed by atoms with Gasteiger partial charge in [-0.2, -0.15) is 0 Å². The van der Waals surface area contributed by atoms with Crippen molar-refractivity contribution in [1.29, 1.82) is 0 Å². The molecule has 0 saturated carbocycles. The van der Waals surface area contributed by atoms with E-state index in [1.165, 1.54) is 0 Å². The topological polar surface area (TPSA) is 20.2 Å². The Bertz CT molecular complexity index is 163. The molecule has 2 unspecified atom stereocenters. The van der Waals surface area contributed by atoms with Crippen molar-refractivity contribution < 1.29 is 5.11 Å². The Morgan fingerprint density at radius 1 is 0.929 bits per heavy atom. The first-order valence-corrected chi connectivity index (χ1v) is 5.77. The van der Waals surface area contributed by atoms with Crippen molar-refractivity contribution in [3.63, 3.8) is 0 Å². The van der Waals surface area contributed by atoms with Crippen LogP contribution < -0.4 is 0 Å². The Hall–Kier alpha value is -0.0400. The average molecular weight is 200 g/mol. The molecule has 0 spiro atoms. The summed E-state index contributed by atoms with van der Waals surface area (Å²) in [6.07, 6.45) is 1.79. The summed E-state index contributed by atoms with van der Waals surface area (Å²) < 4.78 is 0. The fourth-order valence-electron chi connectivity index (χ4n) is 1.93. The van der Waals surface area contributed by atoms with E-state index in [9.17, 15) is 5.11 Å². The van der Waals surface area contributed by atoms with Crippen molar-refractivity contribution in [3.05, 3.63) is 0 Å². The van der Waals surface area contributed by atoms with Crippen LogP contribution in [-0.4, -0.2) is 10.7 Å². The van der Waals surface area contributed by atoms with Crippen LogP contribution in [0.3, 0.4) is 0 Å². The minimum atomic E-state index is -0.499. The van der Waals surface area contributed by atoms with Crippen LogP contribution in [0, 0.1) is 17.3 Å². The molecule has 0 aliphatic rings. The smallest absolute Gasteiger partial charge is 0.0625 e. The minimum absolute atomic E-state index is 0.293. The summed E-state index contributed by atoms with van der Waals surface area (Å²) in [7, 11) is 0. The van der Waals surface area contributed by atoms with E-state index in [2.05, 4.69) is 41.5 Å². The van der Waals surface area contributed by atoms with Gasteiger partial charge in [-0.25, -0.2) is 0 Å². The molecule has 1 nitrogen and oxygen atoms in total. The van der Waals surface area contributed by atoms with E-state index >= 15 is 0 Å². The summed E-state index contributed by atoms with van der Waals surface area (Å²) in [4.78, 5) is 0. The zero-order chi connectivity index (χ0) is 11.6. The van der Waals surface area contributed by atoms with E-state index in [0.29, 0.717) is 17.3 Å². The van der Waals surface area contributed by atoms with Gasteiger partial charge in [-0.05, 0) is 37.0 Å². The third kappa shape index (κ3) is 5.64. The van der Waals surface area contributed by atoms with Crippen molar-refractivity contribution in [2.45, 2.75) is 66.9 Å². The van der Waals surface area contributed by atoms with Gasteiger partial charge in [0.15, 0.2) is 0 Å². The average Bonchev–Trinajstić information content (AvgIpc) is 1.79. The molecule has 0 aliphatic heterocycles. The van der Waals surface area contributed by atoms with Gasteiger partial charge in [-0.15, -0.1) is 0 Å². The summed E-state index contributed by atoms with van der Waals surface area (Å²) in [5, 5.41) is 10.2. The molecule has 0 saturated heterocycles. The largest absolute Gasteiger partial charge is 0.390 e. The Morgan fingerprint density at radius 2 is 1.36 bits per heavy atom.